The van der Waals surface area contributed by atoms with Gasteiger partial charge in [0, 0.05) is 28.9 Å². The largest absolute Gasteiger partial charge is 0.396 e. The van der Waals surface area contributed by atoms with Gasteiger partial charge in [-0.1, -0.05) is 11.6 Å². The lowest BCUT2D eigenvalue weighted by molar-refractivity contribution is 0.555. The maximum atomic E-state index is 13.2. The second kappa shape index (κ2) is 6.84. The van der Waals surface area contributed by atoms with Crippen molar-refractivity contribution in [2.24, 2.45) is 0 Å². The number of nitrogen functional groups attached to an aromatic ring is 1. The molecule has 2 unspecified atom stereocenters. The summed E-state index contributed by atoms with van der Waals surface area (Å²) in [4.78, 5) is -0.275. The molecule has 2 atom stereocenters. The maximum absolute atomic E-state index is 13.2. The van der Waals surface area contributed by atoms with Crippen molar-refractivity contribution in [1.82, 2.24) is 4.72 Å². The highest BCUT2D eigenvalue weighted by molar-refractivity contribution is 7.89. The summed E-state index contributed by atoms with van der Waals surface area (Å²) in [6.45, 7) is 1.64. The summed E-state index contributed by atoms with van der Waals surface area (Å²) in [5.74, 6) is -0.397. The zero-order valence-electron chi connectivity index (χ0n) is 11.0. The Kier molecular flexibility index (Phi) is 5.93. The molecule has 0 aromatic heterocycles. The molecule has 0 spiro atoms. The van der Waals surface area contributed by atoms with Crippen molar-refractivity contribution < 1.29 is 17.0 Å². The Morgan fingerprint density at radius 2 is 2.10 bits per heavy atom. The van der Waals surface area contributed by atoms with Gasteiger partial charge in [-0.05, 0) is 25.5 Å². The topological polar surface area (TPSA) is 89.3 Å². The van der Waals surface area contributed by atoms with Crippen molar-refractivity contribution >= 4 is 38.1 Å². The van der Waals surface area contributed by atoms with Crippen LogP contribution in [0.4, 0.5) is 10.1 Å². The summed E-state index contributed by atoms with van der Waals surface area (Å²) in [6.07, 6.45) is 1.95. The van der Waals surface area contributed by atoms with Crippen LogP contribution in [0.1, 0.15) is 13.3 Å². The minimum absolute atomic E-state index is 0.240. The fraction of sp³-hybridized carbons (Fsp3) is 0.455. The molecular weight excluding hydrogens is 327 g/mol. The number of nitrogens with two attached hydrogens (primary N) is 1. The lowest BCUT2D eigenvalue weighted by Crippen LogP contribution is -2.33. The molecule has 0 heterocycles. The van der Waals surface area contributed by atoms with E-state index in [-0.39, 0.29) is 15.6 Å². The van der Waals surface area contributed by atoms with Crippen LogP contribution in [0.25, 0.3) is 0 Å². The van der Waals surface area contributed by atoms with E-state index in [9.17, 15) is 17.0 Å². The van der Waals surface area contributed by atoms with E-state index >= 15 is 0 Å². The molecule has 0 fully saturated rings. The van der Waals surface area contributed by atoms with Crippen molar-refractivity contribution in [3.8, 4) is 0 Å². The summed E-state index contributed by atoms with van der Waals surface area (Å²) in [6, 6.07) is 1.41. The highest BCUT2D eigenvalue weighted by Gasteiger charge is 2.22. The van der Waals surface area contributed by atoms with Gasteiger partial charge in [-0.25, -0.2) is 17.5 Å². The number of rotatable bonds is 6. The SMILES string of the molecule is CC(CCS(C)=O)NS(=O)(=O)c1cc(N)c(F)cc1Cl. The van der Waals surface area contributed by atoms with Crippen molar-refractivity contribution in [1.29, 1.82) is 0 Å². The second-order valence-corrected chi connectivity index (χ2v) is 8.04. The van der Waals surface area contributed by atoms with Gasteiger partial charge in [-0.15, -0.1) is 0 Å². The van der Waals surface area contributed by atoms with Gasteiger partial charge in [0.1, 0.15) is 10.7 Å². The molecule has 5 nitrogen and oxygen atoms in total. The average molecular weight is 343 g/mol. The molecule has 3 N–H and O–H groups in total. The van der Waals surface area contributed by atoms with E-state index in [0.29, 0.717) is 12.2 Å². The van der Waals surface area contributed by atoms with Crippen LogP contribution in [0.2, 0.25) is 5.02 Å². The Morgan fingerprint density at radius 3 is 2.65 bits per heavy atom. The van der Waals surface area contributed by atoms with E-state index in [4.69, 9.17) is 17.3 Å². The van der Waals surface area contributed by atoms with Gasteiger partial charge in [0.05, 0.1) is 10.7 Å². The fourth-order valence-electron chi connectivity index (χ4n) is 1.48. The molecule has 0 aliphatic rings. The number of hydrogen-bond donors (Lipinski definition) is 2. The van der Waals surface area contributed by atoms with Crippen LogP contribution in [-0.4, -0.2) is 30.7 Å². The molecule has 0 saturated heterocycles. The molecule has 114 valence electrons. The fourth-order valence-corrected chi connectivity index (χ4v) is 3.99. The van der Waals surface area contributed by atoms with Gasteiger partial charge < -0.3 is 5.73 Å². The third-order valence-electron chi connectivity index (χ3n) is 2.54. The summed E-state index contributed by atoms with van der Waals surface area (Å²) in [5, 5.41) is -0.240. The van der Waals surface area contributed by atoms with E-state index in [2.05, 4.69) is 4.72 Å². The first kappa shape index (κ1) is 17.4. The predicted octanol–water partition coefficient (Wildman–Crippen LogP) is 1.50. The van der Waals surface area contributed by atoms with Crippen LogP contribution in [0.3, 0.4) is 0 Å². The van der Waals surface area contributed by atoms with Crippen LogP contribution in [0.15, 0.2) is 17.0 Å². The Balaban J connectivity index is 2.94. The van der Waals surface area contributed by atoms with Crippen molar-refractivity contribution in [2.45, 2.75) is 24.3 Å². The van der Waals surface area contributed by atoms with E-state index in [1.54, 1.807) is 13.2 Å². The Hall–Kier alpha value is -0.700. The third-order valence-corrected chi connectivity index (χ3v) is 5.40. The van der Waals surface area contributed by atoms with E-state index < -0.39 is 32.7 Å². The van der Waals surface area contributed by atoms with Gasteiger partial charge >= 0.3 is 0 Å². The molecule has 0 amide bonds. The lowest BCUT2D eigenvalue weighted by atomic mass is 10.3. The van der Waals surface area contributed by atoms with E-state index in [1.807, 2.05) is 0 Å². The van der Waals surface area contributed by atoms with Crippen molar-refractivity contribution in [3.05, 3.63) is 23.0 Å². The summed E-state index contributed by atoms with van der Waals surface area (Å²) in [7, 11) is -4.91. The highest BCUT2D eigenvalue weighted by Crippen LogP contribution is 2.26. The monoisotopic (exact) mass is 342 g/mol. The quantitative estimate of drug-likeness (QED) is 0.767. The number of nitrogens with one attached hydrogen (secondary N) is 1. The number of anilines is 1. The predicted molar refractivity (Wildman–Crippen MR) is 79.2 cm³/mol. The maximum Gasteiger partial charge on any atom is 0.242 e. The summed E-state index contributed by atoms with van der Waals surface area (Å²) >= 11 is 5.73. The van der Waals surface area contributed by atoms with Crippen molar-refractivity contribution in [3.63, 3.8) is 0 Å². The van der Waals surface area contributed by atoms with E-state index in [0.717, 1.165) is 12.1 Å². The standard InChI is InChI=1S/C11H16ClFN2O3S2/c1-7(3-4-19(2)16)15-20(17,18)11-6-10(14)9(13)5-8(11)12/h5-7,15H,3-4,14H2,1-2H3. The normalized spacial score (nSPS) is 15.0. The molecule has 0 aliphatic heterocycles. The molecule has 0 radical (unpaired) electrons. The highest BCUT2D eigenvalue weighted by atomic mass is 35.5. The first-order valence-corrected chi connectivity index (χ1v) is 9.29. The van der Waals surface area contributed by atoms with Crippen LogP contribution in [0.5, 0.6) is 0 Å². The number of sulfonamides is 1. The van der Waals surface area contributed by atoms with Crippen LogP contribution < -0.4 is 10.5 Å². The molecule has 1 aromatic carbocycles. The van der Waals surface area contributed by atoms with Gasteiger partial charge in [-0.3, -0.25) is 4.21 Å². The smallest absolute Gasteiger partial charge is 0.242 e. The molecule has 1 aromatic rings. The number of hydrogen-bond acceptors (Lipinski definition) is 4. The molecule has 20 heavy (non-hydrogen) atoms. The molecule has 9 heteroatoms. The average Bonchev–Trinajstić information content (AvgIpc) is 2.30. The van der Waals surface area contributed by atoms with Gasteiger partial charge in [-0.2, -0.15) is 0 Å². The number of halogens is 2. The summed E-state index contributed by atoms with van der Waals surface area (Å²) in [5.41, 5.74) is 5.05. The first-order valence-electron chi connectivity index (χ1n) is 5.70. The zero-order chi connectivity index (χ0) is 15.5. The van der Waals surface area contributed by atoms with E-state index in [1.165, 1.54) is 0 Å². The lowest BCUT2D eigenvalue weighted by Gasteiger charge is -2.15. The van der Waals surface area contributed by atoms with Crippen molar-refractivity contribution in [2.75, 3.05) is 17.7 Å². The van der Waals surface area contributed by atoms with Gasteiger partial charge in [0.25, 0.3) is 0 Å². The molecule has 0 bridgehead atoms. The minimum atomic E-state index is -3.90. The first-order chi connectivity index (χ1) is 9.13. The molecule has 0 saturated carbocycles. The van der Waals surface area contributed by atoms with Gasteiger partial charge in [0.15, 0.2) is 0 Å². The minimum Gasteiger partial charge on any atom is -0.396 e. The number of benzene rings is 1. The second-order valence-electron chi connectivity index (χ2n) is 4.39. The summed E-state index contributed by atoms with van der Waals surface area (Å²) < 4.78 is 50.8. The molecule has 1 rings (SSSR count). The Labute approximate surface area is 125 Å². The molecular formula is C11H16ClFN2O3S2. The van der Waals surface area contributed by atoms with Crippen LogP contribution in [0, 0.1) is 5.82 Å². The Morgan fingerprint density at radius 1 is 1.50 bits per heavy atom. The Bertz CT molecular complexity index is 622. The third kappa shape index (κ3) is 4.69. The van der Waals surface area contributed by atoms with Gasteiger partial charge in [0.2, 0.25) is 10.0 Å². The van der Waals surface area contributed by atoms with Crippen LogP contribution in [-0.2, 0) is 20.8 Å². The zero-order valence-corrected chi connectivity index (χ0v) is 13.4. The van der Waals surface area contributed by atoms with Crippen LogP contribution >= 0.6 is 11.6 Å². The molecule has 0 aliphatic carbocycles.